The van der Waals surface area contributed by atoms with Gasteiger partial charge >= 0.3 is 99.7 Å². The van der Waals surface area contributed by atoms with Crippen LogP contribution in [-0.4, -0.2) is 72.1 Å². The van der Waals surface area contributed by atoms with Gasteiger partial charge in [0.2, 0.25) is 0 Å². The molecule has 4 N–H and O–H groups in total. The quantitative estimate of drug-likeness (QED) is 0.439. The van der Waals surface area contributed by atoms with Crippen molar-refractivity contribution in [1.82, 2.24) is 5.32 Å². The van der Waals surface area contributed by atoms with Gasteiger partial charge in [0.15, 0.2) is 0 Å². The summed E-state index contributed by atoms with van der Waals surface area (Å²) < 4.78 is 5.43. The molecule has 0 aliphatic carbocycles. The summed E-state index contributed by atoms with van der Waals surface area (Å²) in [4.78, 5) is 11.0. The molecule has 16 heavy (non-hydrogen) atoms. The number of rotatable bonds is 3. The Morgan fingerprint density at radius 1 is 1.44 bits per heavy atom. The number of aliphatic hydroxyl groups is 3. The Kier molecular flexibility index (Phi) is 5.17. The van der Waals surface area contributed by atoms with E-state index in [2.05, 4.69) is 5.32 Å². The normalized spacial score (nSPS) is 39.4. The van der Waals surface area contributed by atoms with Gasteiger partial charge in [-0.25, -0.2) is 0 Å². The molecule has 1 aliphatic rings. The molecule has 0 spiro atoms. The minimum atomic E-state index is -1.18. The van der Waals surface area contributed by atoms with Crippen molar-refractivity contribution in [2.24, 2.45) is 0 Å². The summed E-state index contributed by atoms with van der Waals surface area (Å²) in [7, 11) is 0. The number of carbonyl (C=O) groups is 1. The van der Waals surface area contributed by atoms with Gasteiger partial charge in [-0.15, -0.1) is 0 Å². The van der Waals surface area contributed by atoms with Crippen LogP contribution in [0.1, 0.15) is 6.92 Å². The molecular formula is C9H17NO5Se. The summed E-state index contributed by atoms with van der Waals surface area (Å²) in [6, 6.07) is -0.611. The first-order valence-corrected chi connectivity index (χ1v) is 7.63. The van der Waals surface area contributed by atoms with Gasteiger partial charge in [0, 0.05) is 0 Å². The van der Waals surface area contributed by atoms with E-state index in [9.17, 15) is 15.0 Å². The molecule has 0 aromatic heterocycles. The Balaban J connectivity index is 2.77. The third-order valence-electron chi connectivity index (χ3n) is 2.48. The van der Waals surface area contributed by atoms with E-state index in [0.717, 1.165) is 0 Å². The maximum atomic E-state index is 11.0. The van der Waals surface area contributed by atoms with E-state index >= 15 is 0 Å². The number of ether oxygens (including phenoxy) is 1. The predicted octanol–water partition coefficient (Wildman–Crippen LogP) is -2.32. The third-order valence-corrected chi connectivity index (χ3v) is 4.31. The van der Waals surface area contributed by atoms with Crippen molar-refractivity contribution < 1.29 is 24.9 Å². The van der Waals surface area contributed by atoms with Gasteiger partial charge in [-0.2, -0.15) is 0 Å². The average molecular weight is 298 g/mol. The van der Waals surface area contributed by atoms with Crippen LogP contribution in [0.5, 0.6) is 0 Å². The second-order valence-corrected chi connectivity index (χ2v) is 5.63. The van der Waals surface area contributed by atoms with Gasteiger partial charge in [0.1, 0.15) is 0 Å². The van der Waals surface area contributed by atoms with Crippen LogP contribution in [-0.2, 0) is 9.53 Å². The summed E-state index contributed by atoms with van der Waals surface area (Å²) in [6.45, 7) is 0.995. The molecule has 0 aromatic rings. The van der Waals surface area contributed by atoms with Crippen LogP contribution in [0.2, 0.25) is 5.82 Å². The van der Waals surface area contributed by atoms with E-state index < -0.39 is 24.4 Å². The number of aliphatic hydroxyl groups excluding tert-OH is 3. The second kappa shape index (κ2) is 5.95. The van der Waals surface area contributed by atoms with Crippen LogP contribution >= 0.6 is 0 Å². The van der Waals surface area contributed by atoms with Crippen LogP contribution in [0.4, 0.5) is 0 Å². The number of nitrogens with one attached hydrogen (secondary N) is 1. The van der Waals surface area contributed by atoms with Crippen molar-refractivity contribution in [3.63, 3.8) is 0 Å². The zero-order valence-corrected chi connectivity index (χ0v) is 10.9. The molecule has 5 atom stereocenters. The summed E-state index contributed by atoms with van der Waals surface area (Å²) in [5.74, 6) is 1.63. The van der Waals surface area contributed by atoms with Crippen molar-refractivity contribution in [1.29, 1.82) is 0 Å². The maximum absolute atomic E-state index is 11.0. The van der Waals surface area contributed by atoms with Crippen LogP contribution in [0, 0.1) is 0 Å². The van der Waals surface area contributed by atoms with E-state index in [-0.39, 0.29) is 32.5 Å². The molecule has 1 fully saturated rings. The van der Waals surface area contributed by atoms with Crippen molar-refractivity contribution in [2.75, 3.05) is 6.61 Å². The van der Waals surface area contributed by atoms with Crippen molar-refractivity contribution >= 4 is 20.9 Å². The fourth-order valence-electron chi connectivity index (χ4n) is 1.67. The second-order valence-electron chi connectivity index (χ2n) is 3.67. The number of carbonyl (C=O) groups excluding carboxylic acids is 1. The summed E-state index contributed by atoms with van der Waals surface area (Å²) >= 11 is 0.0294. The number of hydrogen-bond donors (Lipinski definition) is 4. The van der Waals surface area contributed by atoms with E-state index in [0.29, 0.717) is 0 Å². The van der Waals surface area contributed by atoms with E-state index in [1.807, 2.05) is 5.82 Å². The molecule has 1 amide bonds. The van der Waals surface area contributed by atoms with Crippen molar-refractivity contribution in [3.8, 4) is 0 Å². The molecule has 6 nitrogen and oxygen atoms in total. The molecule has 1 heterocycles. The van der Waals surface area contributed by atoms with Crippen LogP contribution in [0.3, 0.4) is 0 Å². The third kappa shape index (κ3) is 2.94. The van der Waals surface area contributed by atoms with Gasteiger partial charge in [0.25, 0.3) is 0 Å². The Morgan fingerprint density at radius 3 is 2.50 bits per heavy atom. The van der Waals surface area contributed by atoms with Gasteiger partial charge in [-0.3, -0.25) is 0 Å². The topological polar surface area (TPSA) is 99.0 Å². The standard InChI is InChI=1S/C9H17NO5Se/c1-4(12)10-6-8(14)7(13)5(3-11)15-9(6)16-2/h5-9,11,13-14H,3H2,1-2H3,(H,10,12)/t5-,6-,7-,8-,9+/m1/s1. The Morgan fingerprint density at radius 2 is 2.06 bits per heavy atom. The SMILES string of the molecule is C[Se][C@@H]1O[C@H](CO)[C@@H](O)[C@H](O)[C@H]1NC(C)=O. The molecule has 1 saturated heterocycles. The minimum absolute atomic E-state index is 0.0294. The van der Waals surface area contributed by atoms with Crippen LogP contribution in [0.15, 0.2) is 0 Å². The Hall–Kier alpha value is -0.171. The molecule has 94 valence electrons. The van der Waals surface area contributed by atoms with Gasteiger partial charge < -0.3 is 0 Å². The molecule has 0 saturated carbocycles. The monoisotopic (exact) mass is 299 g/mol. The number of hydrogen-bond acceptors (Lipinski definition) is 5. The van der Waals surface area contributed by atoms with Crippen molar-refractivity contribution in [2.45, 2.75) is 42.1 Å². The summed E-state index contributed by atoms with van der Waals surface area (Å²) in [5, 5.41) is 30.7. The molecule has 7 heteroatoms. The van der Waals surface area contributed by atoms with E-state index in [4.69, 9.17) is 9.84 Å². The molecule has 0 aromatic carbocycles. The summed E-state index contributed by atoms with van der Waals surface area (Å²) in [6.07, 6.45) is -3.08. The molecule has 0 radical (unpaired) electrons. The van der Waals surface area contributed by atoms with Crippen LogP contribution < -0.4 is 5.32 Å². The first kappa shape index (κ1) is 13.9. The van der Waals surface area contributed by atoms with E-state index in [1.165, 1.54) is 6.92 Å². The van der Waals surface area contributed by atoms with Gasteiger partial charge in [0.05, 0.1) is 0 Å². The zero-order valence-electron chi connectivity index (χ0n) is 9.16. The van der Waals surface area contributed by atoms with Gasteiger partial charge in [-0.1, -0.05) is 0 Å². The zero-order chi connectivity index (χ0) is 12.3. The number of amides is 1. The Bertz CT molecular complexity index is 250. The molecule has 0 unspecified atom stereocenters. The predicted molar refractivity (Wildman–Crippen MR) is 57.0 cm³/mol. The fraction of sp³-hybridized carbons (Fsp3) is 0.889. The average Bonchev–Trinajstić information content (AvgIpc) is 2.25. The first-order chi connectivity index (χ1) is 7.51. The Labute approximate surface area is 100 Å². The van der Waals surface area contributed by atoms with Gasteiger partial charge in [-0.05, 0) is 0 Å². The molecule has 1 aliphatic heterocycles. The molecular weight excluding hydrogens is 281 g/mol. The van der Waals surface area contributed by atoms with Crippen LogP contribution in [0.25, 0.3) is 0 Å². The molecule has 0 bridgehead atoms. The first-order valence-electron chi connectivity index (χ1n) is 4.93. The summed E-state index contributed by atoms with van der Waals surface area (Å²) in [5.41, 5.74) is 0. The van der Waals surface area contributed by atoms with Crippen molar-refractivity contribution in [3.05, 3.63) is 0 Å². The fourth-order valence-corrected chi connectivity index (χ4v) is 3.30. The molecule has 1 rings (SSSR count). The van der Waals surface area contributed by atoms with E-state index in [1.54, 1.807) is 0 Å².